The van der Waals surface area contributed by atoms with Crippen LogP contribution in [0, 0.1) is 0 Å². The Morgan fingerprint density at radius 3 is 1.05 bits per heavy atom. The highest BCUT2D eigenvalue weighted by Gasteiger charge is 2.23. The molecule has 0 aromatic heterocycles. The minimum absolute atomic E-state index is 1.06. The van der Waals surface area contributed by atoms with Crippen LogP contribution in [-0.4, -0.2) is 0 Å². The SMILES string of the molecule is c1ccc(-c2ccc(N(c3ccc(-c4cccc(-c5ccccc5)c4-c4ccccc4)cc3)c3ccc(-c4cccc5c(-c6ccccc6)c(-c6ccccc6)c6ccccc6c45)cc3)c(-c3ccccc3)c2)cc1. The number of rotatable bonds is 11. The van der Waals surface area contributed by atoms with Gasteiger partial charge >= 0.3 is 0 Å². The Kier molecular flexibility index (Phi) is 12.0. The van der Waals surface area contributed by atoms with Gasteiger partial charge in [-0.15, -0.1) is 0 Å². The Bertz CT molecular complexity index is 4100. The smallest absolute Gasteiger partial charge is 0.0540 e. The van der Waals surface area contributed by atoms with Crippen molar-refractivity contribution in [2.45, 2.75) is 0 Å². The Morgan fingerprint density at radius 1 is 0.187 bits per heavy atom. The van der Waals surface area contributed by atoms with Gasteiger partial charge in [0, 0.05) is 16.9 Å². The predicted octanol–water partition coefficient (Wildman–Crippen LogP) is 20.8. The largest absolute Gasteiger partial charge is 0.310 e. The summed E-state index contributed by atoms with van der Waals surface area (Å²) in [6.07, 6.45) is 0. The minimum atomic E-state index is 1.06. The van der Waals surface area contributed by atoms with Crippen LogP contribution in [0.25, 0.3) is 111 Å². The van der Waals surface area contributed by atoms with Crippen molar-refractivity contribution in [3.8, 4) is 89.0 Å². The van der Waals surface area contributed by atoms with Gasteiger partial charge in [-0.25, -0.2) is 0 Å². The maximum Gasteiger partial charge on any atom is 0.0540 e. The Balaban J connectivity index is 0.990. The van der Waals surface area contributed by atoms with Crippen LogP contribution in [0.5, 0.6) is 0 Å². The van der Waals surface area contributed by atoms with E-state index in [1.807, 2.05) is 0 Å². The third-order valence-corrected chi connectivity index (χ3v) is 14.7. The van der Waals surface area contributed by atoms with E-state index in [0.29, 0.717) is 0 Å². The van der Waals surface area contributed by atoms with Gasteiger partial charge in [-0.05, 0) is 141 Å². The lowest BCUT2D eigenvalue weighted by Gasteiger charge is -2.29. The Morgan fingerprint density at radius 2 is 0.533 bits per heavy atom. The van der Waals surface area contributed by atoms with Crippen molar-refractivity contribution in [3.05, 3.63) is 309 Å². The zero-order chi connectivity index (χ0) is 49.9. The maximum absolute atomic E-state index is 2.43. The molecule has 0 spiro atoms. The van der Waals surface area contributed by atoms with Gasteiger partial charge in [0.2, 0.25) is 0 Å². The molecule has 0 atom stereocenters. The molecule has 0 aliphatic rings. The van der Waals surface area contributed by atoms with Crippen molar-refractivity contribution in [2.75, 3.05) is 4.90 Å². The average molecular weight is 954 g/mol. The Labute approximate surface area is 439 Å². The van der Waals surface area contributed by atoms with E-state index in [1.54, 1.807) is 0 Å². The molecule has 75 heavy (non-hydrogen) atoms. The molecule has 0 fully saturated rings. The third-order valence-electron chi connectivity index (χ3n) is 14.7. The first-order valence-corrected chi connectivity index (χ1v) is 25.8. The molecule has 352 valence electrons. The molecule has 0 aliphatic carbocycles. The fourth-order valence-corrected chi connectivity index (χ4v) is 11.3. The monoisotopic (exact) mass is 953 g/mol. The molecule has 0 amide bonds. The molecule has 0 saturated heterocycles. The van der Waals surface area contributed by atoms with Crippen LogP contribution in [0.3, 0.4) is 0 Å². The fourth-order valence-electron chi connectivity index (χ4n) is 11.3. The van der Waals surface area contributed by atoms with E-state index in [2.05, 4.69) is 314 Å². The van der Waals surface area contributed by atoms with Crippen LogP contribution in [0.2, 0.25) is 0 Å². The van der Waals surface area contributed by atoms with E-state index in [9.17, 15) is 0 Å². The molecule has 0 aliphatic heterocycles. The lowest BCUT2D eigenvalue weighted by atomic mass is 9.83. The van der Waals surface area contributed by atoms with E-state index in [0.717, 1.165) is 39.3 Å². The Hall–Kier alpha value is -9.82. The molecule has 0 N–H and O–H groups in total. The normalized spacial score (nSPS) is 11.2. The molecule has 0 unspecified atom stereocenters. The number of hydrogen-bond donors (Lipinski definition) is 0. The highest BCUT2D eigenvalue weighted by molar-refractivity contribution is 6.25. The first-order chi connectivity index (χ1) is 37.2. The number of benzene rings is 13. The van der Waals surface area contributed by atoms with Crippen molar-refractivity contribution < 1.29 is 0 Å². The van der Waals surface area contributed by atoms with Crippen molar-refractivity contribution in [1.82, 2.24) is 0 Å². The molecule has 1 nitrogen and oxygen atoms in total. The number of anilines is 3. The summed E-state index contributed by atoms with van der Waals surface area (Å²) >= 11 is 0. The molecule has 0 radical (unpaired) electrons. The van der Waals surface area contributed by atoms with Crippen molar-refractivity contribution in [1.29, 1.82) is 0 Å². The van der Waals surface area contributed by atoms with Gasteiger partial charge in [0.15, 0.2) is 0 Å². The van der Waals surface area contributed by atoms with Crippen LogP contribution in [0.1, 0.15) is 0 Å². The molecular formula is C74H51N. The summed E-state index contributed by atoms with van der Waals surface area (Å²) in [4.78, 5) is 2.43. The topological polar surface area (TPSA) is 3.24 Å². The highest BCUT2D eigenvalue weighted by atomic mass is 15.1. The number of nitrogens with zero attached hydrogens (tertiary/aromatic N) is 1. The molecule has 0 bridgehead atoms. The summed E-state index contributed by atoms with van der Waals surface area (Å²) in [7, 11) is 0. The number of hydrogen-bond acceptors (Lipinski definition) is 1. The first-order valence-electron chi connectivity index (χ1n) is 25.8. The second-order valence-electron chi connectivity index (χ2n) is 19.1. The van der Waals surface area contributed by atoms with E-state index in [-0.39, 0.29) is 0 Å². The zero-order valence-corrected chi connectivity index (χ0v) is 41.4. The van der Waals surface area contributed by atoms with Crippen LogP contribution in [-0.2, 0) is 0 Å². The van der Waals surface area contributed by atoms with Crippen LogP contribution in [0.15, 0.2) is 309 Å². The lowest BCUT2D eigenvalue weighted by molar-refractivity contribution is 1.28. The summed E-state index contributed by atoms with van der Waals surface area (Å²) in [5.74, 6) is 0. The summed E-state index contributed by atoms with van der Waals surface area (Å²) in [5.41, 5.74) is 22.3. The molecule has 0 heterocycles. The minimum Gasteiger partial charge on any atom is -0.310 e. The van der Waals surface area contributed by atoms with Crippen LogP contribution < -0.4 is 4.90 Å². The summed E-state index contributed by atoms with van der Waals surface area (Å²) in [6, 6.07) is 113. The lowest BCUT2D eigenvalue weighted by Crippen LogP contribution is -2.11. The van der Waals surface area contributed by atoms with Gasteiger partial charge in [0.1, 0.15) is 0 Å². The van der Waals surface area contributed by atoms with Gasteiger partial charge in [0.05, 0.1) is 5.69 Å². The van der Waals surface area contributed by atoms with Gasteiger partial charge in [-0.1, -0.05) is 273 Å². The standard InChI is InChI=1S/C74H51N/c1-7-23-52(24-8-1)60-45-50-70(69(51-60)54-27-11-3-12-28-54)75(61-46-41-55(42-47-61)64-38-21-37-63(53-25-9-2-10-26-53)71(64)57-29-13-4-14-30-57)62-48-43-56(44-49-62)65-39-22-40-68-73(59-33-17-6-18-34-59)72(58-31-15-5-16-32-58)66-35-19-20-36-67(66)74(65)68/h1-51H. The fraction of sp³-hybridized carbons (Fsp3) is 0. The van der Waals surface area contributed by atoms with Gasteiger partial charge in [-0.2, -0.15) is 0 Å². The second-order valence-corrected chi connectivity index (χ2v) is 19.1. The summed E-state index contributed by atoms with van der Waals surface area (Å²) in [6.45, 7) is 0. The van der Waals surface area contributed by atoms with Crippen LogP contribution >= 0.6 is 0 Å². The quantitative estimate of drug-likeness (QED) is 0.117. The van der Waals surface area contributed by atoms with Gasteiger partial charge in [0.25, 0.3) is 0 Å². The van der Waals surface area contributed by atoms with E-state index >= 15 is 0 Å². The predicted molar refractivity (Wildman–Crippen MR) is 320 cm³/mol. The zero-order valence-electron chi connectivity index (χ0n) is 41.4. The van der Waals surface area contributed by atoms with E-state index < -0.39 is 0 Å². The van der Waals surface area contributed by atoms with Crippen molar-refractivity contribution in [3.63, 3.8) is 0 Å². The first kappa shape index (κ1) is 45.1. The number of fused-ring (bicyclic) bond motifs is 3. The van der Waals surface area contributed by atoms with Crippen LogP contribution in [0.4, 0.5) is 17.1 Å². The van der Waals surface area contributed by atoms with Crippen molar-refractivity contribution >= 4 is 38.6 Å². The third kappa shape index (κ3) is 8.57. The van der Waals surface area contributed by atoms with Gasteiger partial charge in [-0.3, -0.25) is 0 Å². The molecular weight excluding hydrogens is 903 g/mol. The molecule has 1 heteroatoms. The van der Waals surface area contributed by atoms with E-state index in [1.165, 1.54) is 88.3 Å². The van der Waals surface area contributed by atoms with Crippen molar-refractivity contribution in [2.24, 2.45) is 0 Å². The van der Waals surface area contributed by atoms with Gasteiger partial charge < -0.3 is 4.90 Å². The molecule has 13 aromatic carbocycles. The van der Waals surface area contributed by atoms with E-state index in [4.69, 9.17) is 0 Å². The summed E-state index contributed by atoms with van der Waals surface area (Å²) < 4.78 is 0. The maximum atomic E-state index is 2.43. The molecule has 0 saturated carbocycles. The average Bonchev–Trinajstić information content (AvgIpc) is 3.50. The highest BCUT2D eigenvalue weighted by Crippen LogP contribution is 2.49. The summed E-state index contributed by atoms with van der Waals surface area (Å²) in [5, 5.41) is 4.96. The second kappa shape index (κ2) is 20.0. The molecule has 13 rings (SSSR count). The molecule has 13 aromatic rings.